The molecule has 0 saturated heterocycles. The third-order valence-electron chi connectivity index (χ3n) is 2.67. The Kier molecular flexibility index (Phi) is 3.25. The van der Waals surface area contributed by atoms with Gasteiger partial charge in [-0.05, 0) is 31.9 Å². The fraction of sp³-hybridized carbons (Fsp3) is 0.308. The van der Waals surface area contributed by atoms with Crippen molar-refractivity contribution in [2.45, 2.75) is 26.8 Å². The maximum absolute atomic E-state index is 4.24. The molecule has 0 bridgehead atoms. The van der Waals surface area contributed by atoms with Crippen LogP contribution < -0.4 is 5.32 Å². The van der Waals surface area contributed by atoms with Crippen LogP contribution in [0, 0.1) is 13.8 Å². The Balaban J connectivity index is 2.20. The van der Waals surface area contributed by atoms with Crippen molar-refractivity contribution in [1.82, 2.24) is 4.98 Å². The maximum Gasteiger partial charge on any atom is 0.183 e. The fourth-order valence-electron chi connectivity index (χ4n) is 1.78. The number of hydrogen-bond donors (Lipinski definition) is 1. The molecular weight excluding hydrogens is 216 g/mol. The predicted molar refractivity (Wildman–Crippen MR) is 70.1 cm³/mol. The van der Waals surface area contributed by atoms with Gasteiger partial charge in [0.1, 0.15) is 0 Å². The molecule has 0 amide bonds. The van der Waals surface area contributed by atoms with Crippen molar-refractivity contribution >= 4 is 16.5 Å². The molecule has 0 radical (unpaired) electrons. The normalized spacial score (nSPS) is 12.4. The molecule has 1 N–H and O–H groups in total. The molecule has 0 aliphatic carbocycles. The number of hydrogen-bond acceptors (Lipinski definition) is 3. The van der Waals surface area contributed by atoms with E-state index < -0.39 is 0 Å². The van der Waals surface area contributed by atoms with Crippen LogP contribution in [-0.2, 0) is 0 Å². The van der Waals surface area contributed by atoms with E-state index in [0.717, 1.165) is 5.13 Å². The molecule has 0 aliphatic rings. The molecule has 0 aliphatic heterocycles. The van der Waals surface area contributed by atoms with E-state index >= 15 is 0 Å². The van der Waals surface area contributed by atoms with Gasteiger partial charge in [0.2, 0.25) is 0 Å². The summed E-state index contributed by atoms with van der Waals surface area (Å²) in [4.78, 5) is 4.24. The van der Waals surface area contributed by atoms with Crippen molar-refractivity contribution in [3.05, 3.63) is 46.5 Å². The Hall–Kier alpha value is -1.35. The quantitative estimate of drug-likeness (QED) is 0.867. The second-order valence-electron chi connectivity index (χ2n) is 4.06. The number of rotatable bonds is 3. The Morgan fingerprint density at radius 3 is 2.81 bits per heavy atom. The van der Waals surface area contributed by atoms with Crippen molar-refractivity contribution < 1.29 is 0 Å². The molecule has 84 valence electrons. The van der Waals surface area contributed by atoms with Crippen LogP contribution in [-0.4, -0.2) is 4.98 Å². The fourth-order valence-corrected chi connectivity index (χ4v) is 2.40. The van der Waals surface area contributed by atoms with Crippen LogP contribution in [0.1, 0.15) is 29.7 Å². The van der Waals surface area contributed by atoms with E-state index in [4.69, 9.17) is 0 Å². The molecule has 1 unspecified atom stereocenters. The van der Waals surface area contributed by atoms with Gasteiger partial charge in [0.05, 0.1) is 6.04 Å². The highest BCUT2D eigenvalue weighted by atomic mass is 32.1. The number of nitrogens with one attached hydrogen (secondary N) is 1. The highest BCUT2D eigenvalue weighted by molar-refractivity contribution is 7.13. The number of aromatic nitrogens is 1. The molecular formula is C13H16N2S. The van der Waals surface area contributed by atoms with Crippen molar-refractivity contribution in [1.29, 1.82) is 0 Å². The van der Waals surface area contributed by atoms with Gasteiger partial charge in [-0.2, -0.15) is 0 Å². The average molecular weight is 232 g/mol. The monoisotopic (exact) mass is 232 g/mol. The molecule has 0 fully saturated rings. The number of thiazole rings is 1. The zero-order chi connectivity index (χ0) is 11.5. The largest absolute Gasteiger partial charge is 0.355 e. The SMILES string of the molecule is Cc1ccc(C)c(C(C)Nc2nccs2)c1. The van der Waals surface area contributed by atoms with Crippen LogP contribution in [0.2, 0.25) is 0 Å². The smallest absolute Gasteiger partial charge is 0.183 e. The summed E-state index contributed by atoms with van der Waals surface area (Å²) in [6.45, 7) is 6.44. The first-order valence-corrected chi connectivity index (χ1v) is 6.28. The van der Waals surface area contributed by atoms with Crippen LogP contribution in [0.3, 0.4) is 0 Å². The van der Waals surface area contributed by atoms with Gasteiger partial charge < -0.3 is 5.32 Å². The summed E-state index contributed by atoms with van der Waals surface area (Å²) in [5, 5.41) is 6.38. The van der Waals surface area contributed by atoms with Crippen molar-refractivity contribution in [2.75, 3.05) is 5.32 Å². The zero-order valence-electron chi connectivity index (χ0n) is 9.82. The van der Waals surface area contributed by atoms with Gasteiger partial charge in [-0.3, -0.25) is 0 Å². The molecule has 2 nitrogen and oxygen atoms in total. The topological polar surface area (TPSA) is 24.9 Å². The first-order valence-electron chi connectivity index (χ1n) is 5.40. The van der Waals surface area contributed by atoms with Crippen LogP contribution in [0.5, 0.6) is 0 Å². The van der Waals surface area contributed by atoms with Crippen LogP contribution >= 0.6 is 11.3 Å². The van der Waals surface area contributed by atoms with Gasteiger partial charge in [-0.25, -0.2) is 4.98 Å². The Bertz CT molecular complexity index is 463. The maximum atomic E-state index is 4.24. The lowest BCUT2D eigenvalue weighted by molar-refractivity contribution is 0.869. The van der Waals surface area contributed by atoms with E-state index in [1.165, 1.54) is 16.7 Å². The average Bonchev–Trinajstić information content (AvgIpc) is 2.74. The molecule has 16 heavy (non-hydrogen) atoms. The third-order valence-corrected chi connectivity index (χ3v) is 3.38. The molecule has 2 aromatic rings. The molecule has 1 aromatic heterocycles. The summed E-state index contributed by atoms with van der Waals surface area (Å²) >= 11 is 1.63. The molecule has 2 rings (SSSR count). The van der Waals surface area contributed by atoms with E-state index in [2.05, 4.69) is 49.3 Å². The van der Waals surface area contributed by atoms with Gasteiger partial charge >= 0.3 is 0 Å². The Morgan fingerprint density at radius 2 is 2.12 bits per heavy atom. The first kappa shape index (κ1) is 11.1. The van der Waals surface area contributed by atoms with Gasteiger partial charge in [0, 0.05) is 11.6 Å². The van der Waals surface area contributed by atoms with Crippen LogP contribution in [0.25, 0.3) is 0 Å². The third kappa shape index (κ3) is 2.42. The van der Waals surface area contributed by atoms with Gasteiger partial charge in [0.25, 0.3) is 0 Å². The number of anilines is 1. The first-order chi connectivity index (χ1) is 7.66. The summed E-state index contributed by atoms with van der Waals surface area (Å²) in [5.41, 5.74) is 3.96. The van der Waals surface area contributed by atoms with E-state index in [9.17, 15) is 0 Å². The molecule has 3 heteroatoms. The number of aryl methyl sites for hydroxylation is 2. The summed E-state index contributed by atoms with van der Waals surface area (Å²) in [7, 11) is 0. The van der Waals surface area contributed by atoms with Crippen LogP contribution in [0.4, 0.5) is 5.13 Å². The lowest BCUT2D eigenvalue weighted by Crippen LogP contribution is -2.08. The lowest BCUT2D eigenvalue weighted by atomic mass is 10.0. The predicted octanol–water partition coefficient (Wildman–Crippen LogP) is 3.93. The van der Waals surface area contributed by atoms with Crippen molar-refractivity contribution in [2.24, 2.45) is 0 Å². The van der Waals surface area contributed by atoms with Crippen LogP contribution in [0.15, 0.2) is 29.8 Å². The molecule has 0 spiro atoms. The van der Waals surface area contributed by atoms with Crippen molar-refractivity contribution in [3.8, 4) is 0 Å². The summed E-state index contributed by atoms with van der Waals surface area (Å²) in [6.07, 6.45) is 1.82. The minimum atomic E-state index is 0.297. The standard InChI is InChI=1S/C13H16N2S/c1-9-4-5-10(2)12(8-9)11(3)15-13-14-6-7-16-13/h4-8,11H,1-3H3,(H,14,15). The molecule has 1 atom stereocenters. The Morgan fingerprint density at radius 1 is 1.31 bits per heavy atom. The second-order valence-corrected chi connectivity index (χ2v) is 4.96. The van der Waals surface area contributed by atoms with Gasteiger partial charge in [0.15, 0.2) is 5.13 Å². The minimum Gasteiger partial charge on any atom is -0.355 e. The second kappa shape index (κ2) is 4.66. The summed E-state index contributed by atoms with van der Waals surface area (Å²) in [6, 6.07) is 6.85. The molecule has 1 aromatic carbocycles. The highest BCUT2D eigenvalue weighted by Crippen LogP contribution is 2.23. The minimum absolute atomic E-state index is 0.297. The van der Waals surface area contributed by atoms with Gasteiger partial charge in [-0.1, -0.05) is 23.8 Å². The van der Waals surface area contributed by atoms with Gasteiger partial charge in [-0.15, -0.1) is 11.3 Å². The van der Waals surface area contributed by atoms with E-state index in [1.54, 1.807) is 11.3 Å². The van der Waals surface area contributed by atoms with E-state index in [1.807, 2.05) is 11.6 Å². The van der Waals surface area contributed by atoms with Crippen molar-refractivity contribution in [3.63, 3.8) is 0 Å². The number of nitrogens with zero attached hydrogens (tertiary/aromatic N) is 1. The molecule has 0 saturated carbocycles. The highest BCUT2D eigenvalue weighted by Gasteiger charge is 2.09. The summed E-state index contributed by atoms with van der Waals surface area (Å²) in [5.74, 6) is 0. The van der Waals surface area contributed by atoms with E-state index in [-0.39, 0.29) is 0 Å². The number of benzene rings is 1. The lowest BCUT2D eigenvalue weighted by Gasteiger charge is -2.16. The molecule has 1 heterocycles. The van der Waals surface area contributed by atoms with E-state index in [0.29, 0.717) is 6.04 Å². The summed E-state index contributed by atoms with van der Waals surface area (Å²) < 4.78 is 0. The Labute approximate surface area is 100 Å². The zero-order valence-corrected chi connectivity index (χ0v) is 10.6.